The zero-order valence-corrected chi connectivity index (χ0v) is 10.2. The Kier molecular flexibility index (Phi) is 2.41. The van der Waals surface area contributed by atoms with E-state index in [4.69, 9.17) is 4.84 Å². The molecule has 5 nitrogen and oxygen atoms in total. The van der Waals surface area contributed by atoms with Gasteiger partial charge in [0.2, 0.25) is 0 Å². The monoisotopic (exact) mass is 265 g/mol. The number of allylic oxidation sites excluding steroid dienone is 1. The van der Waals surface area contributed by atoms with Crippen LogP contribution in [0.15, 0.2) is 47.4 Å². The Morgan fingerprint density at radius 3 is 2.72 bits per heavy atom. The van der Waals surface area contributed by atoms with Gasteiger partial charge in [-0.05, 0) is 18.6 Å². The first-order chi connectivity index (χ1) is 8.60. The molecule has 1 aromatic carbocycles. The molecular weight excluding hydrogens is 254 g/mol. The lowest BCUT2D eigenvalue weighted by molar-refractivity contribution is -0.736. The number of fused-ring (bicyclic) bond motifs is 1. The third-order valence-electron chi connectivity index (χ3n) is 3.16. The van der Waals surface area contributed by atoms with Crippen LogP contribution in [0.25, 0.3) is 0 Å². The molecule has 0 saturated heterocycles. The van der Waals surface area contributed by atoms with Gasteiger partial charge in [-0.3, -0.25) is 5.21 Å². The molecule has 1 aliphatic heterocycles. The van der Waals surface area contributed by atoms with Gasteiger partial charge in [-0.15, -0.1) is 0 Å². The molecule has 0 saturated carbocycles. The molecule has 3 rings (SSSR count). The zero-order valence-electron chi connectivity index (χ0n) is 9.39. The van der Waals surface area contributed by atoms with Gasteiger partial charge in [0.1, 0.15) is 0 Å². The topological polar surface area (TPSA) is 69.4 Å². The summed E-state index contributed by atoms with van der Waals surface area (Å²) in [7, 11) is -3.78. The summed E-state index contributed by atoms with van der Waals surface area (Å²) in [6, 6.07) is 7.94. The molecule has 6 heteroatoms. The summed E-state index contributed by atoms with van der Waals surface area (Å²) in [4.78, 5) is 5.26. The second-order valence-corrected chi connectivity index (χ2v) is 6.15. The quantitative estimate of drug-likeness (QED) is 0.566. The van der Waals surface area contributed by atoms with Gasteiger partial charge in [0, 0.05) is 0 Å². The van der Waals surface area contributed by atoms with Crippen LogP contribution in [0.3, 0.4) is 0 Å². The van der Waals surface area contributed by atoms with Gasteiger partial charge < -0.3 is 4.84 Å². The Bertz CT molecular complexity index is 633. The highest BCUT2D eigenvalue weighted by molar-refractivity contribution is 8.06. The van der Waals surface area contributed by atoms with Gasteiger partial charge in [0.25, 0.3) is 9.84 Å². The summed E-state index contributed by atoms with van der Waals surface area (Å²) in [5.74, 6) is -0.396. The van der Waals surface area contributed by atoms with Crippen molar-refractivity contribution in [2.24, 2.45) is 5.92 Å². The van der Waals surface area contributed by atoms with Crippen LogP contribution >= 0.6 is 0 Å². The minimum Gasteiger partial charge on any atom is -0.394 e. The van der Waals surface area contributed by atoms with E-state index in [1.807, 2.05) is 6.08 Å². The fourth-order valence-corrected chi connectivity index (χ4v) is 3.92. The fourth-order valence-electron chi connectivity index (χ4n) is 2.29. The van der Waals surface area contributed by atoms with Crippen molar-refractivity contribution in [3.8, 4) is 0 Å². The maximum Gasteiger partial charge on any atom is 0.344 e. The van der Waals surface area contributed by atoms with Gasteiger partial charge in [0.15, 0.2) is 0 Å². The van der Waals surface area contributed by atoms with Crippen molar-refractivity contribution in [3.05, 3.63) is 47.7 Å². The summed E-state index contributed by atoms with van der Waals surface area (Å²) in [6.07, 6.45) is 3.63. The standard InChI is InChI=1S/C12H11NO4S/c14-13-12(10-7-4-8-11(10)17-13)18(15,16)9-5-2-1-3-6-9/h1-6,8,10-11H,7H2. The Morgan fingerprint density at radius 1 is 1.28 bits per heavy atom. The van der Waals surface area contributed by atoms with Crippen LogP contribution in [0.2, 0.25) is 0 Å². The number of hydrogen-bond acceptors (Lipinski definition) is 4. The van der Waals surface area contributed by atoms with E-state index in [9.17, 15) is 13.6 Å². The molecule has 1 aromatic rings. The fraction of sp³-hybridized carbons (Fsp3) is 0.250. The highest BCUT2D eigenvalue weighted by atomic mass is 32.2. The minimum atomic E-state index is -3.78. The third-order valence-corrected chi connectivity index (χ3v) is 5.05. The van der Waals surface area contributed by atoms with Crippen LogP contribution in [-0.4, -0.2) is 24.5 Å². The van der Waals surface area contributed by atoms with Crippen molar-refractivity contribution in [3.63, 3.8) is 0 Å². The molecule has 2 atom stereocenters. The van der Waals surface area contributed by atoms with E-state index < -0.39 is 21.9 Å². The van der Waals surface area contributed by atoms with Crippen LogP contribution in [0.5, 0.6) is 0 Å². The van der Waals surface area contributed by atoms with E-state index in [2.05, 4.69) is 0 Å². The van der Waals surface area contributed by atoms with E-state index >= 15 is 0 Å². The van der Waals surface area contributed by atoms with E-state index in [1.54, 1.807) is 24.3 Å². The molecule has 0 bridgehead atoms. The van der Waals surface area contributed by atoms with Crippen LogP contribution in [0, 0.1) is 11.1 Å². The van der Waals surface area contributed by atoms with E-state index in [0.717, 1.165) is 0 Å². The van der Waals surface area contributed by atoms with E-state index in [0.29, 0.717) is 6.42 Å². The summed E-state index contributed by atoms with van der Waals surface area (Å²) >= 11 is 0. The van der Waals surface area contributed by atoms with Crippen molar-refractivity contribution in [1.82, 2.24) is 0 Å². The smallest absolute Gasteiger partial charge is 0.344 e. The lowest BCUT2D eigenvalue weighted by Gasteiger charge is -2.07. The molecule has 1 aliphatic carbocycles. The molecule has 2 unspecified atom stereocenters. The summed E-state index contributed by atoms with van der Waals surface area (Å²) in [5.41, 5.74) is 0. The Hall–Kier alpha value is -1.82. The largest absolute Gasteiger partial charge is 0.394 e. The molecule has 2 aliphatic rings. The van der Waals surface area contributed by atoms with Crippen molar-refractivity contribution in [2.45, 2.75) is 17.4 Å². The van der Waals surface area contributed by atoms with E-state index in [-0.39, 0.29) is 14.8 Å². The Balaban J connectivity index is 2.08. The van der Waals surface area contributed by atoms with Gasteiger partial charge in [-0.2, -0.15) is 0 Å². The van der Waals surface area contributed by atoms with Crippen molar-refractivity contribution in [2.75, 3.05) is 0 Å². The minimum absolute atomic E-state index is 0.122. The van der Waals surface area contributed by atoms with Crippen molar-refractivity contribution < 1.29 is 18.2 Å². The first kappa shape index (κ1) is 11.3. The normalized spacial score (nSPS) is 26.2. The van der Waals surface area contributed by atoms with Crippen molar-refractivity contribution in [1.29, 1.82) is 0 Å². The van der Waals surface area contributed by atoms with Gasteiger partial charge in [-0.1, -0.05) is 30.4 Å². The molecule has 1 heterocycles. The highest BCUT2D eigenvalue weighted by Crippen LogP contribution is 2.32. The second kappa shape index (κ2) is 3.84. The SMILES string of the molecule is O=S(=O)(C1=[N+]([O-])OC2C=CCC12)c1ccccc1. The lowest BCUT2D eigenvalue weighted by Crippen LogP contribution is -2.27. The van der Waals surface area contributed by atoms with Crippen LogP contribution in [0.4, 0.5) is 0 Å². The average molecular weight is 265 g/mol. The first-order valence-corrected chi connectivity index (χ1v) is 7.07. The zero-order chi connectivity index (χ0) is 12.8. The Morgan fingerprint density at radius 2 is 2.00 bits per heavy atom. The highest BCUT2D eigenvalue weighted by Gasteiger charge is 2.48. The summed E-state index contributed by atoms with van der Waals surface area (Å²) in [6.45, 7) is 0. The molecule has 0 spiro atoms. The Labute approximate surface area is 104 Å². The molecule has 0 fully saturated rings. The number of hydrogen-bond donors (Lipinski definition) is 0. The number of nitrogens with zero attached hydrogens (tertiary/aromatic N) is 1. The first-order valence-electron chi connectivity index (χ1n) is 5.58. The van der Waals surface area contributed by atoms with Crippen LogP contribution < -0.4 is 0 Å². The lowest BCUT2D eigenvalue weighted by atomic mass is 10.1. The molecular formula is C12H11NO4S. The number of sulfone groups is 1. The van der Waals surface area contributed by atoms with Gasteiger partial charge in [0.05, 0.1) is 21.8 Å². The maximum atomic E-state index is 12.4. The average Bonchev–Trinajstić information content (AvgIpc) is 2.89. The van der Waals surface area contributed by atoms with Crippen LogP contribution in [0.1, 0.15) is 6.42 Å². The molecule has 0 amide bonds. The third kappa shape index (κ3) is 1.53. The predicted octanol–water partition coefficient (Wildman–Crippen LogP) is 1.26. The van der Waals surface area contributed by atoms with Gasteiger partial charge >= 0.3 is 5.04 Å². The van der Waals surface area contributed by atoms with Crippen LogP contribution in [-0.2, 0) is 14.7 Å². The summed E-state index contributed by atoms with van der Waals surface area (Å²) in [5, 5.41) is 11.5. The van der Waals surface area contributed by atoms with Gasteiger partial charge in [-0.25, -0.2) is 8.42 Å². The predicted molar refractivity (Wildman–Crippen MR) is 64.4 cm³/mol. The molecule has 94 valence electrons. The van der Waals surface area contributed by atoms with E-state index in [1.165, 1.54) is 12.1 Å². The number of rotatable bonds is 1. The van der Waals surface area contributed by atoms with Crippen molar-refractivity contribution >= 4 is 14.9 Å². The molecule has 0 N–H and O–H groups in total. The molecule has 0 radical (unpaired) electrons. The molecule has 18 heavy (non-hydrogen) atoms. The maximum absolute atomic E-state index is 12.4. The number of benzene rings is 1. The molecule has 0 aromatic heterocycles. The summed E-state index contributed by atoms with van der Waals surface area (Å²) < 4.78 is 24.8. The second-order valence-electron chi connectivity index (χ2n) is 4.25.